The number of rotatable bonds is 17. The third kappa shape index (κ3) is 13.4. The highest BCUT2D eigenvalue weighted by Crippen LogP contribution is 2.42. The van der Waals surface area contributed by atoms with Crippen molar-refractivity contribution in [2.24, 2.45) is 5.41 Å². The molecule has 2 amide bonds. The van der Waals surface area contributed by atoms with Crippen LogP contribution in [0.3, 0.4) is 0 Å². The Morgan fingerprint density at radius 1 is 0.794 bits per heavy atom. The van der Waals surface area contributed by atoms with Gasteiger partial charge in [0.15, 0.2) is 18.3 Å². The number of carbonyl (C=O) groups is 6. The molecular weight excluding hydrogens is 811 g/mol. The first-order chi connectivity index (χ1) is 29.6. The first kappa shape index (κ1) is 50.4. The summed E-state index contributed by atoms with van der Waals surface area (Å²) < 4.78 is 34.9. The molecule has 0 aromatic heterocycles. The van der Waals surface area contributed by atoms with Gasteiger partial charge in [0.1, 0.15) is 30.1 Å². The van der Waals surface area contributed by atoms with Gasteiger partial charge in [-0.2, -0.15) is 0 Å². The number of benzene rings is 2. The van der Waals surface area contributed by atoms with Crippen molar-refractivity contribution in [3.63, 3.8) is 0 Å². The lowest BCUT2D eigenvalue weighted by molar-refractivity contribution is -0.254. The standard InChI is InChI=1S/C48H67N3O12/c1-13-15-36-27-39(58-12)38(41-43(61-32(6)54)44(62-33(7)55)42(60-31(5)53)40(63-41)28-59-30(4)52)26-37(36)25-35-17-16-34(24-29(35)3)18-19-47(8,9)45(56)49-48(10,11)46(57)51-22-20-50(14-2)21-23-51/h16-19,24,26-27,40-44H,13-15,20-23,25,28H2,1-12H3,(H,49,56)/b19-18+/t40-,41+,42-,43+,44+/m1/s1. The fourth-order valence-electron chi connectivity index (χ4n) is 8.00. The molecule has 0 spiro atoms. The van der Waals surface area contributed by atoms with Gasteiger partial charge < -0.3 is 43.5 Å². The Balaban J connectivity index is 1.65. The molecule has 15 heteroatoms. The zero-order valence-corrected chi connectivity index (χ0v) is 39.1. The molecule has 346 valence electrons. The number of ether oxygens (including phenoxy) is 6. The van der Waals surface area contributed by atoms with Crippen LogP contribution in [0, 0.1) is 12.3 Å². The number of piperazine rings is 1. The minimum absolute atomic E-state index is 0.0956. The van der Waals surface area contributed by atoms with Crippen molar-refractivity contribution in [1.82, 2.24) is 15.1 Å². The Hall–Kier alpha value is -5.28. The highest BCUT2D eigenvalue weighted by atomic mass is 16.7. The second-order valence-electron chi connectivity index (χ2n) is 17.5. The Kier molecular flexibility index (Phi) is 17.5. The third-order valence-electron chi connectivity index (χ3n) is 11.5. The summed E-state index contributed by atoms with van der Waals surface area (Å²) in [6.07, 6.45) is -0.355. The van der Waals surface area contributed by atoms with Crippen LogP contribution >= 0.6 is 0 Å². The summed E-state index contributed by atoms with van der Waals surface area (Å²) in [6.45, 7) is 21.6. The molecule has 0 bridgehead atoms. The van der Waals surface area contributed by atoms with Crippen LogP contribution in [0.2, 0.25) is 0 Å². The SMILES string of the molecule is CCCc1cc(OC)c([C@@H]2O[C@H](COC(C)=O)[C@@H](OC(C)=O)[C@H](OC(C)=O)[C@H]2OC(C)=O)cc1Cc1ccc(/C=C/C(C)(C)C(=O)NC(C)(C)C(=O)N2CCN(CC)CC2)cc1C. The lowest BCUT2D eigenvalue weighted by Gasteiger charge is -2.45. The maximum atomic E-state index is 13.6. The molecule has 63 heavy (non-hydrogen) atoms. The first-order valence-corrected chi connectivity index (χ1v) is 21.7. The van der Waals surface area contributed by atoms with E-state index in [1.165, 1.54) is 34.8 Å². The van der Waals surface area contributed by atoms with E-state index in [0.29, 0.717) is 30.8 Å². The molecule has 5 atom stereocenters. The van der Waals surface area contributed by atoms with Gasteiger partial charge in [-0.25, -0.2) is 0 Å². The smallest absolute Gasteiger partial charge is 0.303 e. The number of aryl methyl sites for hydroxylation is 2. The van der Waals surface area contributed by atoms with Gasteiger partial charge in [-0.3, -0.25) is 28.8 Å². The Morgan fingerprint density at radius 2 is 1.41 bits per heavy atom. The van der Waals surface area contributed by atoms with E-state index in [2.05, 4.69) is 24.1 Å². The molecule has 1 N–H and O–H groups in total. The largest absolute Gasteiger partial charge is 0.496 e. The van der Waals surface area contributed by atoms with Crippen molar-refractivity contribution in [2.75, 3.05) is 46.4 Å². The number of hydrogen-bond acceptors (Lipinski definition) is 13. The van der Waals surface area contributed by atoms with E-state index in [-0.39, 0.29) is 18.4 Å². The molecule has 2 saturated heterocycles. The molecule has 15 nitrogen and oxygen atoms in total. The van der Waals surface area contributed by atoms with Crippen molar-refractivity contribution in [3.8, 4) is 5.75 Å². The van der Waals surface area contributed by atoms with Crippen molar-refractivity contribution in [3.05, 3.63) is 69.8 Å². The number of nitrogens with one attached hydrogen (secondary N) is 1. The van der Waals surface area contributed by atoms with Gasteiger partial charge in [0.25, 0.3) is 0 Å². The number of amides is 2. The molecule has 2 aromatic carbocycles. The van der Waals surface area contributed by atoms with E-state index < -0.39 is 65.4 Å². The number of likely N-dealkylation sites (N-methyl/N-ethyl adjacent to an activating group) is 1. The second kappa shape index (κ2) is 21.9. The maximum Gasteiger partial charge on any atom is 0.303 e. The monoisotopic (exact) mass is 877 g/mol. The topological polar surface area (TPSA) is 176 Å². The number of esters is 4. The summed E-state index contributed by atoms with van der Waals surface area (Å²) in [5.74, 6) is -2.67. The van der Waals surface area contributed by atoms with Crippen LogP contribution in [0.1, 0.15) is 115 Å². The summed E-state index contributed by atoms with van der Waals surface area (Å²) >= 11 is 0. The maximum absolute atomic E-state index is 13.6. The molecule has 2 aromatic rings. The fourth-order valence-corrected chi connectivity index (χ4v) is 8.00. The van der Waals surface area contributed by atoms with Crippen LogP contribution < -0.4 is 10.1 Å². The highest BCUT2D eigenvalue weighted by molar-refractivity contribution is 5.93. The summed E-state index contributed by atoms with van der Waals surface area (Å²) in [6, 6.07) is 9.92. The average Bonchev–Trinajstić information content (AvgIpc) is 3.21. The van der Waals surface area contributed by atoms with Crippen LogP contribution in [0.15, 0.2) is 36.4 Å². The van der Waals surface area contributed by atoms with E-state index in [0.717, 1.165) is 60.3 Å². The lowest BCUT2D eigenvalue weighted by atomic mass is 9.86. The number of carbonyl (C=O) groups excluding carboxylic acids is 6. The van der Waals surface area contributed by atoms with E-state index in [4.69, 9.17) is 28.4 Å². The molecule has 2 aliphatic heterocycles. The zero-order chi connectivity index (χ0) is 46.8. The first-order valence-electron chi connectivity index (χ1n) is 21.7. The van der Waals surface area contributed by atoms with Crippen LogP contribution in [0.4, 0.5) is 0 Å². The van der Waals surface area contributed by atoms with E-state index in [1.54, 1.807) is 13.8 Å². The van der Waals surface area contributed by atoms with Crippen molar-refractivity contribution >= 4 is 41.8 Å². The third-order valence-corrected chi connectivity index (χ3v) is 11.5. The molecule has 0 aliphatic carbocycles. The molecule has 2 heterocycles. The number of methoxy groups -OCH3 is 1. The van der Waals surface area contributed by atoms with E-state index in [1.807, 2.05) is 68.2 Å². The molecule has 0 radical (unpaired) electrons. The molecule has 2 fully saturated rings. The quantitative estimate of drug-likeness (QED) is 0.157. The predicted octanol–water partition coefficient (Wildman–Crippen LogP) is 5.44. The van der Waals surface area contributed by atoms with Crippen molar-refractivity contribution in [1.29, 1.82) is 0 Å². The molecule has 2 aliphatic rings. The summed E-state index contributed by atoms with van der Waals surface area (Å²) in [5, 5.41) is 3.00. The Labute approximate surface area is 372 Å². The van der Waals surface area contributed by atoms with Gasteiger partial charge in [-0.15, -0.1) is 0 Å². The minimum Gasteiger partial charge on any atom is -0.496 e. The number of nitrogens with zero attached hydrogens (tertiary/aromatic N) is 2. The normalized spacial score (nSPS) is 20.8. The zero-order valence-electron chi connectivity index (χ0n) is 39.1. The van der Waals surface area contributed by atoms with E-state index >= 15 is 0 Å². The van der Waals surface area contributed by atoms with Crippen LogP contribution in [0.5, 0.6) is 5.75 Å². The predicted molar refractivity (Wildman–Crippen MR) is 236 cm³/mol. The fraction of sp³-hybridized carbons (Fsp3) is 0.583. The Morgan fingerprint density at radius 3 is 1.97 bits per heavy atom. The average molecular weight is 878 g/mol. The van der Waals surface area contributed by atoms with Gasteiger partial charge >= 0.3 is 23.9 Å². The van der Waals surface area contributed by atoms with Crippen LogP contribution in [-0.4, -0.2) is 122 Å². The summed E-state index contributed by atoms with van der Waals surface area (Å²) in [5.41, 5.74) is 3.36. The molecule has 0 unspecified atom stereocenters. The van der Waals surface area contributed by atoms with Gasteiger partial charge in [0.2, 0.25) is 11.8 Å². The van der Waals surface area contributed by atoms with Gasteiger partial charge in [-0.1, -0.05) is 50.6 Å². The molecular formula is C48H67N3O12. The molecule has 0 saturated carbocycles. The highest BCUT2D eigenvalue weighted by Gasteiger charge is 2.53. The number of hydrogen-bond donors (Lipinski definition) is 1. The van der Waals surface area contributed by atoms with Gasteiger partial charge in [0, 0.05) is 59.4 Å². The minimum atomic E-state index is -1.34. The van der Waals surface area contributed by atoms with Gasteiger partial charge in [0.05, 0.1) is 12.5 Å². The second-order valence-corrected chi connectivity index (χ2v) is 17.5. The summed E-state index contributed by atoms with van der Waals surface area (Å²) in [7, 11) is 1.51. The van der Waals surface area contributed by atoms with E-state index in [9.17, 15) is 28.8 Å². The Bertz CT molecular complexity index is 2020. The van der Waals surface area contributed by atoms with Crippen LogP contribution in [-0.2, 0) is 65.3 Å². The van der Waals surface area contributed by atoms with Crippen molar-refractivity contribution in [2.45, 2.75) is 131 Å². The van der Waals surface area contributed by atoms with Crippen LogP contribution in [0.25, 0.3) is 6.08 Å². The molecule has 4 rings (SSSR count). The summed E-state index contributed by atoms with van der Waals surface area (Å²) in [4.78, 5) is 80.6. The van der Waals surface area contributed by atoms with Gasteiger partial charge in [-0.05, 0) is 94.0 Å². The lowest BCUT2D eigenvalue weighted by Crippen LogP contribution is -2.61. The van der Waals surface area contributed by atoms with Crippen molar-refractivity contribution < 1.29 is 57.2 Å².